The molecule has 0 unspecified atom stereocenters. The third-order valence-electron chi connectivity index (χ3n) is 1.18. The Labute approximate surface area is 67.5 Å². The summed E-state index contributed by atoms with van der Waals surface area (Å²) in [6.07, 6.45) is 1.40. The van der Waals surface area contributed by atoms with Gasteiger partial charge in [-0.1, -0.05) is 13.3 Å². The van der Waals surface area contributed by atoms with Crippen LogP contribution in [-0.2, 0) is 14.6 Å². The highest BCUT2D eigenvalue weighted by Crippen LogP contribution is 2.18. The van der Waals surface area contributed by atoms with Crippen LogP contribution in [-0.4, -0.2) is 18.6 Å². The van der Waals surface area contributed by atoms with Gasteiger partial charge in [-0.2, -0.15) is 8.42 Å². The molecule has 0 aromatic heterocycles. The van der Waals surface area contributed by atoms with E-state index in [9.17, 15) is 8.42 Å². The fourth-order valence-electron chi connectivity index (χ4n) is 0.929. The Balaban J connectivity index is 4.13. The van der Waals surface area contributed by atoms with E-state index in [-0.39, 0.29) is 0 Å². The molecule has 0 rings (SSSR count). The van der Waals surface area contributed by atoms with E-state index in [2.05, 4.69) is 4.18 Å². The molecule has 0 aliphatic heterocycles. The van der Waals surface area contributed by atoms with Crippen molar-refractivity contribution in [2.24, 2.45) is 0 Å². The third-order valence-corrected chi connectivity index (χ3v) is 1.84. The second kappa shape index (κ2) is 3.51. The Morgan fingerprint density at radius 2 is 1.91 bits per heavy atom. The molecule has 0 radical (unpaired) electrons. The molecule has 0 aromatic rings. The molecule has 0 heterocycles. The third kappa shape index (κ3) is 6.28. The summed E-state index contributed by atoms with van der Waals surface area (Å²) in [4.78, 5) is 0. The van der Waals surface area contributed by atoms with Crippen molar-refractivity contribution in [3.05, 3.63) is 0 Å². The number of rotatable bonds is 4. The van der Waals surface area contributed by atoms with Gasteiger partial charge in [-0.3, -0.25) is 4.55 Å². The van der Waals surface area contributed by atoms with Crippen LogP contribution in [0.15, 0.2) is 0 Å². The molecule has 0 amide bonds. The van der Waals surface area contributed by atoms with Crippen LogP contribution < -0.4 is 0 Å². The van der Waals surface area contributed by atoms with Crippen LogP contribution >= 0.6 is 0 Å². The molecule has 0 saturated heterocycles. The molecule has 0 saturated carbocycles. The number of hydrogen-bond donors (Lipinski definition) is 1. The Morgan fingerprint density at radius 3 is 2.18 bits per heavy atom. The van der Waals surface area contributed by atoms with Gasteiger partial charge in [0.25, 0.3) is 0 Å². The van der Waals surface area contributed by atoms with E-state index in [1.165, 1.54) is 0 Å². The molecule has 0 aliphatic carbocycles. The summed E-state index contributed by atoms with van der Waals surface area (Å²) in [5.74, 6) is 0. The Bertz CT molecular complexity index is 205. The highest BCUT2D eigenvalue weighted by atomic mass is 32.3. The van der Waals surface area contributed by atoms with Crippen LogP contribution in [0.4, 0.5) is 0 Å². The summed E-state index contributed by atoms with van der Waals surface area (Å²) >= 11 is 0. The maximum absolute atomic E-state index is 10.3. The summed E-state index contributed by atoms with van der Waals surface area (Å²) in [6, 6.07) is 0. The van der Waals surface area contributed by atoms with Gasteiger partial charge in [0.1, 0.15) is 0 Å². The smallest absolute Gasteiger partial charge is 0.264 e. The minimum atomic E-state index is -4.30. The lowest BCUT2D eigenvalue weighted by Crippen LogP contribution is -2.27. The highest BCUT2D eigenvalue weighted by Gasteiger charge is 2.23. The van der Waals surface area contributed by atoms with Crippen LogP contribution in [0.5, 0.6) is 0 Å². The molecular formula is C6H14O4S. The maximum Gasteiger partial charge on any atom is 0.397 e. The van der Waals surface area contributed by atoms with Crippen molar-refractivity contribution in [2.75, 3.05) is 0 Å². The second-order valence-corrected chi connectivity index (χ2v) is 4.04. The van der Waals surface area contributed by atoms with Crippen molar-refractivity contribution >= 4 is 10.4 Å². The first-order valence-electron chi connectivity index (χ1n) is 3.45. The van der Waals surface area contributed by atoms with E-state index < -0.39 is 16.0 Å². The zero-order valence-electron chi connectivity index (χ0n) is 6.99. The molecule has 68 valence electrons. The Hall–Kier alpha value is -0.130. The highest BCUT2D eigenvalue weighted by molar-refractivity contribution is 7.80. The van der Waals surface area contributed by atoms with E-state index in [1.807, 2.05) is 6.92 Å². The fourth-order valence-corrected chi connectivity index (χ4v) is 1.58. The minimum Gasteiger partial charge on any atom is -0.264 e. The van der Waals surface area contributed by atoms with Crippen molar-refractivity contribution in [3.8, 4) is 0 Å². The summed E-state index contributed by atoms with van der Waals surface area (Å²) < 4.78 is 33.2. The van der Waals surface area contributed by atoms with Gasteiger partial charge in [0.15, 0.2) is 0 Å². The van der Waals surface area contributed by atoms with E-state index in [1.54, 1.807) is 13.8 Å². The quantitative estimate of drug-likeness (QED) is 0.667. The predicted octanol–water partition coefficient (Wildman–Crippen LogP) is 1.38. The SMILES string of the molecule is CCCC(C)(C)OS(=O)(=O)O. The molecule has 0 aliphatic rings. The average molecular weight is 182 g/mol. The molecule has 5 heteroatoms. The molecule has 0 bridgehead atoms. The normalized spacial score (nSPS) is 13.5. The van der Waals surface area contributed by atoms with Gasteiger partial charge in [0.2, 0.25) is 0 Å². The molecular weight excluding hydrogens is 168 g/mol. The molecule has 0 fully saturated rings. The first kappa shape index (κ1) is 10.9. The lowest BCUT2D eigenvalue weighted by atomic mass is 10.0. The molecule has 1 N–H and O–H groups in total. The van der Waals surface area contributed by atoms with Gasteiger partial charge in [0, 0.05) is 0 Å². The predicted molar refractivity (Wildman–Crippen MR) is 41.6 cm³/mol. The topological polar surface area (TPSA) is 63.6 Å². The van der Waals surface area contributed by atoms with Crippen molar-refractivity contribution in [1.82, 2.24) is 0 Å². The van der Waals surface area contributed by atoms with Gasteiger partial charge in [-0.15, -0.1) is 0 Å². The van der Waals surface area contributed by atoms with Crippen molar-refractivity contribution in [1.29, 1.82) is 0 Å². The summed E-state index contributed by atoms with van der Waals surface area (Å²) in [7, 11) is -4.30. The largest absolute Gasteiger partial charge is 0.397 e. The summed E-state index contributed by atoms with van der Waals surface area (Å²) in [5, 5.41) is 0. The first-order valence-corrected chi connectivity index (χ1v) is 4.81. The van der Waals surface area contributed by atoms with E-state index in [0.29, 0.717) is 6.42 Å². The fraction of sp³-hybridized carbons (Fsp3) is 1.00. The van der Waals surface area contributed by atoms with E-state index in [0.717, 1.165) is 6.42 Å². The van der Waals surface area contributed by atoms with Gasteiger partial charge < -0.3 is 0 Å². The zero-order valence-corrected chi connectivity index (χ0v) is 7.81. The average Bonchev–Trinajstić information content (AvgIpc) is 1.55. The first-order chi connectivity index (χ1) is 4.77. The van der Waals surface area contributed by atoms with Crippen molar-refractivity contribution in [3.63, 3.8) is 0 Å². The van der Waals surface area contributed by atoms with Crippen LogP contribution in [0, 0.1) is 0 Å². The Morgan fingerprint density at radius 1 is 1.45 bits per heavy atom. The molecule has 11 heavy (non-hydrogen) atoms. The Kier molecular flexibility index (Phi) is 3.47. The zero-order chi connectivity index (χ0) is 9.12. The standard InChI is InChI=1S/C6H14O4S/c1-4-5-6(2,3)10-11(7,8)9/h4-5H2,1-3H3,(H,7,8,9). The lowest BCUT2D eigenvalue weighted by Gasteiger charge is -2.21. The van der Waals surface area contributed by atoms with Gasteiger partial charge in [-0.25, -0.2) is 4.18 Å². The van der Waals surface area contributed by atoms with Gasteiger partial charge in [0.05, 0.1) is 5.60 Å². The summed E-state index contributed by atoms with van der Waals surface area (Å²) in [6.45, 7) is 5.14. The lowest BCUT2D eigenvalue weighted by molar-refractivity contribution is 0.0899. The molecule has 0 aromatic carbocycles. The summed E-state index contributed by atoms with van der Waals surface area (Å²) in [5.41, 5.74) is -0.803. The van der Waals surface area contributed by atoms with Crippen LogP contribution in [0.3, 0.4) is 0 Å². The molecule has 0 spiro atoms. The van der Waals surface area contributed by atoms with Crippen molar-refractivity contribution < 1.29 is 17.2 Å². The monoisotopic (exact) mass is 182 g/mol. The van der Waals surface area contributed by atoms with Crippen LogP contribution in [0.25, 0.3) is 0 Å². The van der Waals surface area contributed by atoms with Crippen molar-refractivity contribution in [2.45, 2.75) is 39.2 Å². The van der Waals surface area contributed by atoms with Gasteiger partial charge >= 0.3 is 10.4 Å². The van der Waals surface area contributed by atoms with E-state index in [4.69, 9.17) is 4.55 Å². The molecule has 4 nitrogen and oxygen atoms in total. The second-order valence-electron chi connectivity index (χ2n) is 3.02. The van der Waals surface area contributed by atoms with Gasteiger partial charge in [-0.05, 0) is 20.3 Å². The molecule has 0 atom stereocenters. The maximum atomic E-state index is 10.3. The minimum absolute atomic E-state index is 0.590. The number of hydrogen-bond acceptors (Lipinski definition) is 3. The van der Waals surface area contributed by atoms with E-state index >= 15 is 0 Å². The van der Waals surface area contributed by atoms with Crippen LogP contribution in [0.2, 0.25) is 0 Å². The van der Waals surface area contributed by atoms with Crippen LogP contribution in [0.1, 0.15) is 33.6 Å².